The lowest BCUT2D eigenvalue weighted by atomic mass is 10.0. The smallest absolute Gasteiger partial charge is 0.387 e. The number of aryl methyl sites for hydroxylation is 2. The van der Waals surface area contributed by atoms with Crippen LogP contribution in [0.5, 0.6) is 11.5 Å². The second-order valence-corrected chi connectivity index (χ2v) is 6.13. The summed E-state index contributed by atoms with van der Waals surface area (Å²) in [5, 5.41) is 9.19. The van der Waals surface area contributed by atoms with Crippen LogP contribution in [0.3, 0.4) is 0 Å². The lowest BCUT2D eigenvalue weighted by Gasteiger charge is -2.13. The first kappa shape index (κ1) is 17.3. The molecule has 0 radical (unpaired) electrons. The third-order valence-corrected chi connectivity index (χ3v) is 4.06. The van der Waals surface area contributed by atoms with Gasteiger partial charge in [0.05, 0.1) is 6.61 Å². The summed E-state index contributed by atoms with van der Waals surface area (Å²) < 4.78 is 35.7. The third-order valence-electron chi connectivity index (χ3n) is 4.06. The molecule has 0 atom stereocenters. The van der Waals surface area contributed by atoms with Crippen LogP contribution in [-0.4, -0.2) is 23.2 Å². The fourth-order valence-electron chi connectivity index (χ4n) is 2.46. The van der Waals surface area contributed by atoms with Gasteiger partial charge in [0, 0.05) is 12.3 Å². The van der Waals surface area contributed by atoms with Crippen LogP contribution in [0.2, 0.25) is 0 Å². The van der Waals surface area contributed by atoms with Gasteiger partial charge in [-0.05, 0) is 60.9 Å². The van der Waals surface area contributed by atoms with E-state index >= 15 is 0 Å². The molecule has 1 fully saturated rings. The quantitative estimate of drug-likeness (QED) is 0.742. The maximum absolute atomic E-state index is 12.5. The van der Waals surface area contributed by atoms with Crippen molar-refractivity contribution in [1.29, 1.82) is 0 Å². The number of benzene rings is 1. The van der Waals surface area contributed by atoms with E-state index in [0.29, 0.717) is 35.8 Å². The van der Waals surface area contributed by atoms with E-state index in [1.54, 1.807) is 18.2 Å². The average molecular weight is 351 g/mol. The normalized spacial score (nSPS) is 13.9. The summed E-state index contributed by atoms with van der Waals surface area (Å²) in [5.41, 5.74) is 1.18. The Bertz CT molecular complexity index is 787. The number of nitrogens with zero attached hydrogens (tertiary/aromatic N) is 1. The molecule has 1 aromatic carbocycles. The van der Waals surface area contributed by atoms with Crippen LogP contribution >= 0.6 is 0 Å². The number of hydrogen-bond donors (Lipinski definition) is 1. The van der Waals surface area contributed by atoms with Crippen molar-refractivity contribution in [2.24, 2.45) is 5.92 Å². The van der Waals surface area contributed by atoms with Crippen LogP contribution in [0.15, 0.2) is 41.3 Å². The van der Waals surface area contributed by atoms with Crippen LogP contribution in [0.4, 0.5) is 8.78 Å². The number of pyridine rings is 1. The molecule has 0 aliphatic heterocycles. The molecule has 0 amide bonds. The molecule has 5 nitrogen and oxygen atoms in total. The second-order valence-electron chi connectivity index (χ2n) is 6.13. The van der Waals surface area contributed by atoms with Crippen LogP contribution in [0.25, 0.3) is 0 Å². The minimum Gasteiger partial charge on any atom is -0.489 e. The number of ether oxygens (including phenoxy) is 2. The Kier molecular flexibility index (Phi) is 5.21. The van der Waals surface area contributed by atoms with Gasteiger partial charge in [-0.2, -0.15) is 13.5 Å². The van der Waals surface area contributed by atoms with Crippen LogP contribution in [-0.2, 0) is 12.8 Å². The molecule has 1 aliphatic rings. The van der Waals surface area contributed by atoms with E-state index in [4.69, 9.17) is 4.74 Å². The van der Waals surface area contributed by atoms with Gasteiger partial charge in [-0.25, -0.2) is 0 Å². The van der Waals surface area contributed by atoms with Crippen molar-refractivity contribution < 1.29 is 23.5 Å². The van der Waals surface area contributed by atoms with E-state index in [0.717, 1.165) is 24.0 Å². The summed E-state index contributed by atoms with van der Waals surface area (Å²) in [6.45, 7) is -2.41. The van der Waals surface area contributed by atoms with Gasteiger partial charge in [-0.3, -0.25) is 4.79 Å². The van der Waals surface area contributed by atoms with Crippen molar-refractivity contribution in [2.75, 3.05) is 6.61 Å². The van der Waals surface area contributed by atoms with E-state index in [9.17, 15) is 18.8 Å². The highest BCUT2D eigenvalue weighted by atomic mass is 19.3. The van der Waals surface area contributed by atoms with Crippen molar-refractivity contribution in [2.45, 2.75) is 32.3 Å². The Morgan fingerprint density at radius 3 is 2.48 bits per heavy atom. The zero-order chi connectivity index (χ0) is 17.8. The first-order chi connectivity index (χ1) is 12.0. The Labute approximate surface area is 143 Å². The molecule has 0 bridgehead atoms. The highest BCUT2D eigenvalue weighted by molar-refractivity contribution is 5.43. The molecule has 1 aliphatic carbocycles. The summed E-state index contributed by atoms with van der Waals surface area (Å²) in [6, 6.07) is 7.90. The van der Waals surface area contributed by atoms with Crippen molar-refractivity contribution in [3.8, 4) is 11.5 Å². The predicted molar refractivity (Wildman–Crippen MR) is 86.6 cm³/mol. The Morgan fingerprint density at radius 2 is 1.84 bits per heavy atom. The molecule has 1 heterocycles. The first-order valence-electron chi connectivity index (χ1n) is 8.12. The molecule has 7 heteroatoms. The third kappa shape index (κ3) is 4.95. The molecule has 1 N–H and O–H groups in total. The van der Waals surface area contributed by atoms with E-state index in [2.05, 4.69) is 4.74 Å². The monoisotopic (exact) mass is 351 g/mol. The summed E-state index contributed by atoms with van der Waals surface area (Å²) in [7, 11) is 0. The minimum absolute atomic E-state index is 0.0299. The summed E-state index contributed by atoms with van der Waals surface area (Å²) in [6.07, 6.45) is 4.67. The molecule has 134 valence electrons. The molecule has 1 aromatic heterocycles. The fourth-order valence-corrected chi connectivity index (χ4v) is 2.46. The zero-order valence-corrected chi connectivity index (χ0v) is 13.5. The number of halogens is 2. The fraction of sp³-hybridized carbons (Fsp3) is 0.389. The summed E-state index contributed by atoms with van der Waals surface area (Å²) >= 11 is 0. The number of rotatable bonds is 8. The summed E-state index contributed by atoms with van der Waals surface area (Å²) in [5.74, 6) is 0.839. The lowest BCUT2D eigenvalue weighted by Crippen LogP contribution is -2.16. The first-order valence-corrected chi connectivity index (χ1v) is 8.12. The molecule has 0 saturated heterocycles. The predicted octanol–water partition coefficient (Wildman–Crippen LogP) is 3.26. The van der Waals surface area contributed by atoms with E-state index in [1.807, 2.05) is 0 Å². The Balaban J connectivity index is 1.70. The maximum Gasteiger partial charge on any atom is 0.387 e. The largest absolute Gasteiger partial charge is 0.489 e. The van der Waals surface area contributed by atoms with Gasteiger partial charge in [0.25, 0.3) is 5.56 Å². The molecular formula is C18H19F2NO4. The van der Waals surface area contributed by atoms with Gasteiger partial charge in [0.2, 0.25) is 0 Å². The zero-order valence-electron chi connectivity index (χ0n) is 13.5. The average Bonchev–Trinajstić information content (AvgIpc) is 3.39. The van der Waals surface area contributed by atoms with Crippen LogP contribution < -0.4 is 15.0 Å². The molecule has 25 heavy (non-hydrogen) atoms. The van der Waals surface area contributed by atoms with Gasteiger partial charge < -0.3 is 14.7 Å². The molecule has 3 rings (SSSR count). The van der Waals surface area contributed by atoms with Gasteiger partial charge in [0.1, 0.15) is 0 Å². The van der Waals surface area contributed by atoms with Gasteiger partial charge in [0.15, 0.2) is 11.5 Å². The minimum atomic E-state index is -2.90. The highest BCUT2D eigenvalue weighted by Gasteiger charge is 2.23. The Morgan fingerprint density at radius 1 is 1.12 bits per heavy atom. The van der Waals surface area contributed by atoms with Crippen LogP contribution in [0.1, 0.15) is 24.0 Å². The van der Waals surface area contributed by atoms with E-state index in [1.165, 1.54) is 18.3 Å². The molecule has 1 saturated carbocycles. The van der Waals surface area contributed by atoms with Crippen molar-refractivity contribution >= 4 is 0 Å². The molecule has 0 unspecified atom stereocenters. The maximum atomic E-state index is 12.5. The van der Waals surface area contributed by atoms with Crippen molar-refractivity contribution in [1.82, 2.24) is 4.73 Å². The molecule has 2 aromatic rings. The van der Waals surface area contributed by atoms with Gasteiger partial charge in [-0.15, -0.1) is 0 Å². The molecule has 0 spiro atoms. The van der Waals surface area contributed by atoms with Crippen molar-refractivity contribution in [3.05, 3.63) is 58.0 Å². The molecular weight excluding hydrogens is 332 g/mol. The topological polar surface area (TPSA) is 60.7 Å². The number of alkyl halides is 2. The van der Waals surface area contributed by atoms with Gasteiger partial charge >= 0.3 is 6.61 Å². The van der Waals surface area contributed by atoms with E-state index in [-0.39, 0.29) is 5.75 Å². The standard InChI is InChI=1S/C18H19F2NO4/c19-18(20)25-15-6-5-12(9-16(15)24-11-14-3-4-14)1-2-13-7-8-21(23)17(22)10-13/h5-10,14,18,23H,1-4,11H2. The van der Waals surface area contributed by atoms with E-state index < -0.39 is 12.2 Å². The van der Waals surface area contributed by atoms with Crippen molar-refractivity contribution in [3.63, 3.8) is 0 Å². The number of hydrogen-bond acceptors (Lipinski definition) is 4. The Hall–Kier alpha value is -2.57. The van der Waals surface area contributed by atoms with Crippen LogP contribution in [0, 0.1) is 5.92 Å². The van der Waals surface area contributed by atoms with Gasteiger partial charge in [-0.1, -0.05) is 6.07 Å². The SMILES string of the molecule is O=c1cc(CCc2ccc(OC(F)F)c(OCC3CC3)c2)ccn1O. The highest BCUT2D eigenvalue weighted by Crippen LogP contribution is 2.34. The lowest BCUT2D eigenvalue weighted by molar-refractivity contribution is -0.0515. The summed E-state index contributed by atoms with van der Waals surface area (Å²) in [4.78, 5) is 11.4. The second kappa shape index (κ2) is 7.55. The number of aromatic nitrogens is 1.